The molecule has 4 nitrogen and oxygen atoms in total. The highest BCUT2D eigenvalue weighted by Gasteiger charge is 2.35. The van der Waals surface area contributed by atoms with Crippen LogP contribution in [0.15, 0.2) is 0 Å². The van der Waals surface area contributed by atoms with Gasteiger partial charge in [0.1, 0.15) is 0 Å². The van der Waals surface area contributed by atoms with Crippen LogP contribution in [0.4, 0.5) is 0 Å². The molecule has 0 aliphatic carbocycles. The highest BCUT2D eigenvalue weighted by atomic mass is 16.6. The third kappa shape index (κ3) is 2.67. The first-order valence-corrected chi connectivity index (χ1v) is 4.51. The second-order valence-corrected chi connectivity index (χ2v) is 3.53. The van der Waals surface area contributed by atoms with Crippen LogP contribution in [0.2, 0.25) is 0 Å². The maximum Gasteiger partial charge on any atom is 0.303 e. The average Bonchev–Trinajstić information content (AvgIpc) is 1.96. The summed E-state index contributed by atoms with van der Waals surface area (Å²) in [6, 6.07) is 0. The monoisotopic (exact) mass is 188 g/mol. The molecule has 1 aliphatic heterocycles. The SMILES string of the molecule is CC(=O)OC1C(O)CC(C)OC1C. The minimum absolute atomic E-state index is 0.0248. The molecule has 0 aromatic rings. The largest absolute Gasteiger partial charge is 0.457 e. The Balaban J connectivity index is 2.56. The Morgan fingerprint density at radius 3 is 2.62 bits per heavy atom. The molecular formula is C9H16O4. The van der Waals surface area contributed by atoms with Gasteiger partial charge in [-0.3, -0.25) is 4.79 Å². The van der Waals surface area contributed by atoms with Crippen molar-refractivity contribution in [1.82, 2.24) is 0 Å². The Bertz CT molecular complexity index is 180. The van der Waals surface area contributed by atoms with E-state index >= 15 is 0 Å². The van der Waals surface area contributed by atoms with Crippen LogP contribution in [0, 0.1) is 0 Å². The van der Waals surface area contributed by atoms with E-state index in [1.165, 1.54) is 6.92 Å². The van der Waals surface area contributed by atoms with E-state index in [2.05, 4.69) is 0 Å². The minimum atomic E-state index is -0.609. The summed E-state index contributed by atoms with van der Waals surface area (Å²) in [7, 11) is 0. The minimum Gasteiger partial charge on any atom is -0.457 e. The summed E-state index contributed by atoms with van der Waals surface area (Å²) in [5.74, 6) is -0.381. The molecule has 1 heterocycles. The van der Waals surface area contributed by atoms with Gasteiger partial charge in [-0.2, -0.15) is 0 Å². The smallest absolute Gasteiger partial charge is 0.303 e. The maximum absolute atomic E-state index is 10.7. The summed E-state index contributed by atoms with van der Waals surface area (Å²) in [4.78, 5) is 10.7. The molecule has 0 aromatic heterocycles. The van der Waals surface area contributed by atoms with Crippen molar-refractivity contribution in [3.8, 4) is 0 Å². The Hall–Kier alpha value is -0.610. The van der Waals surface area contributed by atoms with Crippen LogP contribution >= 0.6 is 0 Å². The van der Waals surface area contributed by atoms with Crippen molar-refractivity contribution in [2.45, 2.75) is 51.6 Å². The second-order valence-electron chi connectivity index (χ2n) is 3.53. The normalized spacial score (nSPS) is 40.0. The fraction of sp³-hybridized carbons (Fsp3) is 0.889. The van der Waals surface area contributed by atoms with Crippen LogP contribution < -0.4 is 0 Å². The van der Waals surface area contributed by atoms with Gasteiger partial charge in [0.05, 0.1) is 18.3 Å². The lowest BCUT2D eigenvalue weighted by Gasteiger charge is -2.36. The van der Waals surface area contributed by atoms with Crippen LogP contribution in [0.5, 0.6) is 0 Å². The predicted molar refractivity (Wildman–Crippen MR) is 46.2 cm³/mol. The molecule has 13 heavy (non-hydrogen) atoms. The molecule has 1 aliphatic rings. The molecule has 0 amide bonds. The first-order chi connectivity index (χ1) is 6.00. The van der Waals surface area contributed by atoms with Crippen LogP contribution in [0.3, 0.4) is 0 Å². The number of esters is 1. The number of aliphatic hydroxyl groups is 1. The number of rotatable bonds is 1. The van der Waals surface area contributed by atoms with Gasteiger partial charge in [0.2, 0.25) is 0 Å². The van der Waals surface area contributed by atoms with Crippen molar-refractivity contribution < 1.29 is 19.4 Å². The van der Waals surface area contributed by atoms with E-state index in [1.807, 2.05) is 6.92 Å². The quantitative estimate of drug-likeness (QED) is 0.608. The summed E-state index contributed by atoms with van der Waals surface area (Å²) < 4.78 is 10.4. The molecule has 1 N–H and O–H groups in total. The molecule has 1 saturated heterocycles. The molecule has 0 aromatic carbocycles. The molecule has 4 unspecified atom stereocenters. The van der Waals surface area contributed by atoms with Gasteiger partial charge < -0.3 is 14.6 Å². The van der Waals surface area contributed by atoms with Crippen molar-refractivity contribution in [2.24, 2.45) is 0 Å². The van der Waals surface area contributed by atoms with E-state index in [0.29, 0.717) is 6.42 Å². The molecule has 0 spiro atoms. The zero-order chi connectivity index (χ0) is 10.0. The molecule has 1 rings (SSSR count). The van der Waals surface area contributed by atoms with E-state index in [0.717, 1.165) is 0 Å². The third-order valence-corrected chi connectivity index (χ3v) is 2.16. The van der Waals surface area contributed by atoms with Crippen molar-refractivity contribution in [2.75, 3.05) is 0 Å². The Kier molecular flexibility index (Phi) is 3.27. The molecule has 4 atom stereocenters. The highest BCUT2D eigenvalue weighted by Crippen LogP contribution is 2.22. The van der Waals surface area contributed by atoms with E-state index < -0.39 is 12.2 Å². The van der Waals surface area contributed by atoms with E-state index in [4.69, 9.17) is 9.47 Å². The summed E-state index contributed by atoms with van der Waals surface area (Å²) in [6.07, 6.45) is -0.821. The van der Waals surface area contributed by atoms with Gasteiger partial charge in [-0.1, -0.05) is 0 Å². The summed E-state index contributed by atoms with van der Waals surface area (Å²) in [5.41, 5.74) is 0. The van der Waals surface area contributed by atoms with Crippen molar-refractivity contribution >= 4 is 5.97 Å². The molecule has 76 valence electrons. The standard InChI is InChI=1S/C9H16O4/c1-5-4-8(11)9(6(2)12-5)13-7(3)10/h5-6,8-9,11H,4H2,1-3H3. The first kappa shape index (κ1) is 10.5. The lowest BCUT2D eigenvalue weighted by molar-refractivity contribution is -0.189. The zero-order valence-corrected chi connectivity index (χ0v) is 8.19. The summed E-state index contributed by atoms with van der Waals surface area (Å²) in [6.45, 7) is 5.02. The molecule has 0 saturated carbocycles. The average molecular weight is 188 g/mol. The van der Waals surface area contributed by atoms with Crippen LogP contribution in [-0.2, 0) is 14.3 Å². The lowest BCUT2D eigenvalue weighted by atomic mass is 9.99. The van der Waals surface area contributed by atoms with Gasteiger partial charge >= 0.3 is 5.97 Å². The van der Waals surface area contributed by atoms with E-state index in [1.54, 1.807) is 6.92 Å². The number of ether oxygens (including phenoxy) is 2. The van der Waals surface area contributed by atoms with Crippen molar-refractivity contribution in [1.29, 1.82) is 0 Å². The first-order valence-electron chi connectivity index (χ1n) is 4.51. The number of aliphatic hydroxyl groups excluding tert-OH is 1. The van der Waals surface area contributed by atoms with Gasteiger partial charge in [0.15, 0.2) is 6.10 Å². The third-order valence-electron chi connectivity index (χ3n) is 2.16. The Labute approximate surface area is 77.8 Å². The maximum atomic E-state index is 10.7. The van der Waals surface area contributed by atoms with Gasteiger partial charge in [-0.15, -0.1) is 0 Å². The predicted octanol–water partition coefficient (Wildman–Crippen LogP) is 0.476. The van der Waals surface area contributed by atoms with E-state index in [-0.39, 0.29) is 18.2 Å². The van der Waals surface area contributed by atoms with Crippen molar-refractivity contribution in [3.05, 3.63) is 0 Å². The highest BCUT2D eigenvalue weighted by molar-refractivity contribution is 5.66. The molecule has 1 fully saturated rings. The van der Waals surface area contributed by atoms with Gasteiger partial charge in [0.25, 0.3) is 0 Å². The number of carbonyl (C=O) groups is 1. The zero-order valence-electron chi connectivity index (χ0n) is 8.19. The summed E-state index contributed by atoms with van der Waals surface area (Å²) >= 11 is 0. The fourth-order valence-electron chi connectivity index (χ4n) is 1.65. The van der Waals surface area contributed by atoms with Gasteiger partial charge in [-0.25, -0.2) is 0 Å². The lowest BCUT2D eigenvalue weighted by Crippen LogP contribution is -2.48. The van der Waals surface area contributed by atoms with Gasteiger partial charge in [0, 0.05) is 13.3 Å². The van der Waals surface area contributed by atoms with Crippen LogP contribution in [0.25, 0.3) is 0 Å². The molecular weight excluding hydrogens is 172 g/mol. The molecule has 4 heteroatoms. The van der Waals surface area contributed by atoms with Crippen LogP contribution in [-0.4, -0.2) is 35.5 Å². The Morgan fingerprint density at radius 2 is 2.15 bits per heavy atom. The summed E-state index contributed by atoms with van der Waals surface area (Å²) in [5, 5.41) is 9.60. The second kappa shape index (κ2) is 4.07. The number of hydrogen-bond acceptors (Lipinski definition) is 4. The van der Waals surface area contributed by atoms with Crippen LogP contribution in [0.1, 0.15) is 27.2 Å². The topological polar surface area (TPSA) is 55.8 Å². The number of carbonyl (C=O) groups excluding carboxylic acids is 1. The Morgan fingerprint density at radius 1 is 1.54 bits per heavy atom. The number of hydrogen-bond donors (Lipinski definition) is 1. The molecule has 0 bridgehead atoms. The van der Waals surface area contributed by atoms with E-state index in [9.17, 15) is 9.90 Å². The molecule has 0 radical (unpaired) electrons. The van der Waals surface area contributed by atoms with Gasteiger partial charge in [-0.05, 0) is 13.8 Å². The fourth-order valence-corrected chi connectivity index (χ4v) is 1.65. The van der Waals surface area contributed by atoms with Crippen molar-refractivity contribution in [3.63, 3.8) is 0 Å².